The number of carbonyl (C=O) groups is 2. The third kappa shape index (κ3) is 2.87. The average Bonchev–Trinajstić information content (AvgIpc) is 2.75. The molecule has 1 aliphatic heterocycles. The number of hydrogen-bond acceptors (Lipinski definition) is 3. The fourth-order valence-corrected chi connectivity index (χ4v) is 3.26. The van der Waals surface area contributed by atoms with Gasteiger partial charge in [0.15, 0.2) is 0 Å². The maximum atomic E-state index is 13.0. The molecule has 2 rings (SSSR count). The number of carboxylic acid groups (broad SMARTS) is 1. The Morgan fingerprint density at radius 1 is 1.50 bits per heavy atom. The fourth-order valence-electron chi connectivity index (χ4n) is 2.09. The highest BCUT2D eigenvalue weighted by Gasteiger charge is 2.39. The quantitative estimate of drug-likeness (QED) is 0.880. The van der Waals surface area contributed by atoms with Gasteiger partial charge in [-0.15, -0.1) is 11.8 Å². The van der Waals surface area contributed by atoms with E-state index >= 15 is 0 Å². The summed E-state index contributed by atoms with van der Waals surface area (Å²) in [6.07, 6.45) is 0. The van der Waals surface area contributed by atoms with Crippen LogP contribution in [0.4, 0.5) is 14.9 Å². The minimum Gasteiger partial charge on any atom is -0.480 e. The van der Waals surface area contributed by atoms with Crippen molar-refractivity contribution in [3.8, 4) is 0 Å². The van der Waals surface area contributed by atoms with Crippen LogP contribution in [0.1, 0.15) is 12.5 Å². The normalized spacial score (nSPS) is 21.9. The van der Waals surface area contributed by atoms with Gasteiger partial charge in [-0.25, -0.2) is 14.0 Å². The van der Waals surface area contributed by atoms with Crippen molar-refractivity contribution in [2.24, 2.45) is 0 Å². The van der Waals surface area contributed by atoms with Gasteiger partial charge in [0.05, 0.1) is 5.37 Å². The maximum Gasteiger partial charge on any atom is 0.327 e. The van der Waals surface area contributed by atoms with Crippen LogP contribution in [0.3, 0.4) is 0 Å². The highest BCUT2D eigenvalue weighted by atomic mass is 32.2. The van der Waals surface area contributed by atoms with Gasteiger partial charge in [0.1, 0.15) is 11.9 Å². The average molecular weight is 298 g/mol. The number of aliphatic carboxylic acids is 1. The monoisotopic (exact) mass is 298 g/mol. The van der Waals surface area contributed by atoms with Crippen molar-refractivity contribution in [2.45, 2.75) is 25.3 Å². The van der Waals surface area contributed by atoms with Gasteiger partial charge in [-0.1, -0.05) is 0 Å². The molecule has 0 bridgehead atoms. The number of nitrogens with zero attached hydrogens (tertiary/aromatic N) is 1. The van der Waals surface area contributed by atoms with Gasteiger partial charge >= 0.3 is 12.0 Å². The smallest absolute Gasteiger partial charge is 0.327 e. The molecule has 1 aliphatic rings. The number of amides is 2. The number of aryl methyl sites for hydroxylation is 1. The second kappa shape index (κ2) is 5.70. The lowest BCUT2D eigenvalue weighted by molar-refractivity contribution is -0.141. The van der Waals surface area contributed by atoms with Crippen LogP contribution in [0.2, 0.25) is 0 Å². The molecule has 0 aliphatic carbocycles. The van der Waals surface area contributed by atoms with Crippen LogP contribution in [0.25, 0.3) is 0 Å². The van der Waals surface area contributed by atoms with E-state index in [-0.39, 0.29) is 11.2 Å². The highest BCUT2D eigenvalue weighted by Crippen LogP contribution is 2.29. The molecule has 5 nitrogen and oxygen atoms in total. The van der Waals surface area contributed by atoms with Crippen LogP contribution < -0.4 is 5.32 Å². The molecular formula is C13H15FN2O3S. The lowest BCUT2D eigenvalue weighted by Gasteiger charge is -2.25. The van der Waals surface area contributed by atoms with Crippen LogP contribution in [0.5, 0.6) is 0 Å². The van der Waals surface area contributed by atoms with Gasteiger partial charge in [0.25, 0.3) is 0 Å². The van der Waals surface area contributed by atoms with Crippen LogP contribution in [-0.2, 0) is 4.79 Å². The number of nitrogens with one attached hydrogen (secondary N) is 1. The molecule has 2 unspecified atom stereocenters. The Kier molecular flexibility index (Phi) is 4.17. The molecule has 0 spiro atoms. The zero-order chi connectivity index (χ0) is 14.9. The zero-order valence-corrected chi connectivity index (χ0v) is 11.9. The van der Waals surface area contributed by atoms with Gasteiger partial charge in [-0.05, 0) is 37.6 Å². The summed E-state index contributed by atoms with van der Waals surface area (Å²) < 4.78 is 13.0. The summed E-state index contributed by atoms with van der Waals surface area (Å²) in [6.45, 7) is 3.46. The topological polar surface area (TPSA) is 69.6 Å². The Morgan fingerprint density at radius 3 is 2.80 bits per heavy atom. The largest absolute Gasteiger partial charge is 0.480 e. The van der Waals surface area contributed by atoms with E-state index in [9.17, 15) is 14.0 Å². The molecule has 1 saturated heterocycles. The summed E-state index contributed by atoms with van der Waals surface area (Å²) >= 11 is 1.41. The van der Waals surface area contributed by atoms with E-state index in [1.807, 2.05) is 0 Å². The predicted octanol–water partition coefficient (Wildman–Crippen LogP) is 2.51. The summed E-state index contributed by atoms with van der Waals surface area (Å²) in [4.78, 5) is 24.7. The summed E-state index contributed by atoms with van der Waals surface area (Å²) in [5.74, 6) is -1.03. The van der Waals surface area contributed by atoms with E-state index in [2.05, 4.69) is 5.32 Å². The summed E-state index contributed by atoms with van der Waals surface area (Å²) in [5.41, 5.74) is 1.06. The Labute approximate surface area is 120 Å². The Bertz CT molecular complexity index is 552. The molecule has 2 amide bonds. The van der Waals surface area contributed by atoms with Crippen LogP contribution in [-0.4, -0.2) is 39.2 Å². The van der Waals surface area contributed by atoms with E-state index in [0.717, 1.165) is 0 Å². The number of anilines is 1. The van der Waals surface area contributed by atoms with E-state index < -0.39 is 18.0 Å². The zero-order valence-electron chi connectivity index (χ0n) is 11.1. The molecule has 7 heteroatoms. The van der Waals surface area contributed by atoms with Crippen LogP contribution in [0.15, 0.2) is 18.2 Å². The third-order valence-electron chi connectivity index (χ3n) is 3.17. The van der Waals surface area contributed by atoms with Gasteiger partial charge in [-0.2, -0.15) is 0 Å². The Morgan fingerprint density at radius 2 is 2.20 bits per heavy atom. The van der Waals surface area contributed by atoms with Crippen LogP contribution in [0, 0.1) is 12.7 Å². The number of hydrogen-bond donors (Lipinski definition) is 2. The molecule has 1 heterocycles. The first-order valence-electron chi connectivity index (χ1n) is 6.10. The molecule has 0 radical (unpaired) electrons. The second-order valence-electron chi connectivity index (χ2n) is 4.58. The van der Waals surface area contributed by atoms with Crippen molar-refractivity contribution in [1.29, 1.82) is 0 Å². The lowest BCUT2D eigenvalue weighted by Crippen LogP contribution is -2.46. The number of thioether (sulfide) groups is 1. The summed E-state index contributed by atoms with van der Waals surface area (Å²) in [6, 6.07) is 2.71. The number of urea groups is 1. The maximum absolute atomic E-state index is 13.0. The third-order valence-corrected chi connectivity index (χ3v) is 4.39. The van der Waals surface area contributed by atoms with Crippen molar-refractivity contribution < 1.29 is 19.1 Å². The van der Waals surface area contributed by atoms with Crippen molar-refractivity contribution in [2.75, 3.05) is 11.1 Å². The van der Waals surface area contributed by atoms with Gasteiger partial charge < -0.3 is 10.4 Å². The highest BCUT2D eigenvalue weighted by molar-refractivity contribution is 8.00. The number of halogens is 1. The first-order chi connectivity index (χ1) is 9.40. The number of carbonyl (C=O) groups excluding carboxylic acids is 1. The predicted molar refractivity (Wildman–Crippen MR) is 75.3 cm³/mol. The fraction of sp³-hybridized carbons (Fsp3) is 0.385. The molecule has 0 saturated carbocycles. The minimum absolute atomic E-state index is 0.211. The molecule has 108 valence electrons. The number of carboxylic acids is 1. The van der Waals surface area contributed by atoms with Crippen molar-refractivity contribution in [3.63, 3.8) is 0 Å². The van der Waals surface area contributed by atoms with Crippen LogP contribution >= 0.6 is 11.8 Å². The first kappa shape index (κ1) is 14.6. The van der Waals surface area contributed by atoms with Crippen molar-refractivity contribution in [1.82, 2.24) is 4.90 Å². The summed E-state index contributed by atoms with van der Waals surface area (Å²) in [7, 11) is 0. The van der Waals surface area contributed by atoms with E-state index in [4.69, 9.17) is 5.11 Å². The molecular weight excluding hydrogens is 283 g/mol. The standard InChI is InChI=1S/C13H15FN2O3S/c1-7-5-9(14)3-4-10(7)15-13(19)16-8(2)20-6-11(16)12(17)18/h3-5,8,11H,6H2,1-2H3,(H,15,19)(H,17,18). The van der Waals surface area contributed by atoms with Gasteiger partial charge in [0.2, 0.25) is 0 Å². The van der Waals surface area contributed by atoms with E-state index in [0.29, 0.717) is 17.0 Å². The molecule has 20 heavy (non-hydrogen) atoms. The molecule has 2 N–H and O–H groups in total. The molecule has 0 aromatic heterocycles. The minimum atomic E-state index is -1.02. The van der Waals surface area contributed by atoms with Gasteiger partial charge in [0, 0.05) is 11.4 Å². The van der Waals surface area contributed by atoms with Gasteiger partial charge in [-0.3, -0.25) is 4.90 Å². The SMILES string of the molecule is Cc1cc(F)ccc1NC(=O)N1C(C)SCC1C(=O)O. The summed E-state index contributed by atoms with van der Waals surface area (Å²) in [5, 5.41) is 11.5. The second-order valence-corrected chi connectivity index (χ2v) is 5.93. The Hall–Kier alpha value is -1.76. The van der Waals surface area contributed by atoms with Crippen molar-refractivity contribution >= 4 is 29.4 Å². The van der Waals surface area contributed by atoms with Crippen molar-refractivity contribution in [3.05, 3.63) is 29.6 Å². The van der Waals surface area contributed by atoms with E-state index in [1.54, 1.807) is 13.8 Å². The Balaban J connectivity index is 2.16. The number of rotatable bonds is 2. The lowest BCUT2D eigenvalue weighted by atomic mass is 10.2. The molecule has 1 fully saturated rings. The molecule has 2 atom stereocenters. The van der Waals surface area contributed by atoms with E-state index in [1.165, 1.54) is 34.9 Å². The number of benzene rings is 1. The molecule has 1 aromatic rings. The first-order valence-corrected chi connectivity index (χ1v) is 7.15. The molecule has 1 aromatic carbocycles.